The van der Waals surface area contributed by atoms with Crippen molar-refractivity contribution in [1.82, 2.24) is 9.97 Å². The van der Waals surface area contributed by atoms with Gasteiger partial charge in [-0.2, -0.15) is 0 Å². The predicted molar refractivity (Wildman–Crippen MR) is 254 cm³/mol. The molecule has 0 amide bonds. The highest BCUT2D eigenvalue weighted by Crippen LogP contribution is 2.57. The maximum Gasteiger partial charge on any atom is 0.161 e. The van der Waals surface area contributed by atoms with Crippen LogP contribution in [0.5, 0.6) is 0 Å². The molecular formula is C59H42N2. The molecule has 0 saturated heterocycles. The highest BCUT2D eigenvalue weighted by atomic mass is 14.9. The van der Waals surface area contributed by atoms with Crippen LogP contribution in [0.15, 0.2) is 200 Å². The van der Waals surface area contributed by atoms with Crippen LogP contribution < -0.4 is 0 Å². The number of benzene rings is 9. The summed E-state index contributed by atoms with van der Waals surface area (Å²) in [4.78, 5) is 11.0. The van der Waals surface area contributed by atoms with Crippen LogP contribution in [0.25, 0.3) is 88.8 Å². The largest absolute Gasteiger partial charge is 0.228 e. The standard InChI is InChI=1S/C59H42N2/c1-58(2)51-35-32-37-18-10-11-23-40(37)54(51)49-30-17-27-45(55(49)58)43-33-34-47(42-25-13-12-24-41(42)43)57-60-52(38-19-6-4-7-20-38)36-53(61-57)48-29-16-28-46-44-26-14-15-31-50(44)59(3,56(46)48)39-21-8-5-9-22-39/h4-36H,1-3H3. The molecule has 0 saturated carbocycles. The highest BCUT2D eigenvalue weighted by molar-refractivity contribution is 6.08. The second kappa shape index (κ2) is 13.3. The second-order valence-corrected chi connectivity index (χ2v) is 17.4. The quantitative estimate of drug-likeness (QED) is 0.174. The molecule has 288 valence electrons. The van der Waals surface area contributed by atoms with Gasteiger partial charge in [0.2, 0.25) is 0 Å². The van der Waals surface area contributed by atoms with Crippen LogP contribution in [-0.4, -0.2) is 9.97 Å². The fraction of sp³-hybridized carbons (Fsp3) is 0.0847. The maximum absolute atomic E-state index is 5.58. The fourth-order valence-electron chi connectivity index (χ4n) is 11.0. The Hall–Kier alpha value is -7.42. The fourth-order valence-corrected chi connectivity index (χ4v) is 11.0. The van der Waals surface area contributed by atoms with Crippen molar-refractivity contribution in [3.63, 3.8) is 0 Å². The number of rotatable bonds is 5. The van der Waals surface area contributed by atoms with E-state index >= 15 is 0 Å². The van der Waals surface area contributed by atoms with Gasteiger partial charge in [0.05, 0.1) is 11.4 Å². The molecule has 0 N–H and O–H groups in total. The van der Waals surface area contributed by atoms with Gasteiger partial charge in [-0.05, 0) is 102 Å². The van der Waals surface area contributed by atoms with Gasteiger partial charge in [-0.3, -0.25) is 0 Å². The molecule has 2 heteroatoms. The van der Waals surface area contributed by atoms with E-state index in [-0.39, 0.29) is 10.8 Å². The molecule has 1 heterocycles. The summed E-state index contributed by atoms with van der Waals surface area (Å²) in [5.41, 5.74) is 18.8. The molecule has 61 heavy (non-hydrogen) atoms. The Morgan fingerprint density at radius 3 is 1.72 bits per heavy atom. The number of nitrogens with zero attached hydrogens (tertiary/aromatic N) is 2. The van der Waals surface area contributed by atoms with Gasteiger partial charge in [0.15, 0.2) is 5.82 Å². The first-order valence-corrected chi connectivity index (χ1v) is 21.3. The van der Waals surface area contributed by atoms with Gasteiger partial charge in [-0.25, -0.2) is 9.97 Å². The lowest BCUT2D eigenvalue weighted by atomic mass is 9.72. The molecule has 9 aromatic carbocycles. The molecule has 0 radical (unpaired) electrons. The Morgan fingerprint density at radius 1 is 0.361 bits per heavy atom. The van der Waals surface area contributed by atoms with E-state index in [1.807, 2.05) is 0 Å². The van der Waals surface area contributed by atoms with Crippen molar-refractivity contribution in [3.8, 4) is 67.3 Å². The summed E-state index contributed by atoms with van der Waals surface area (Å²) in [5.74, 6) is 0.714. The molecule has 0 fully saturated rings. The molecule has 1 atom stereocenters. The van der Waals surface area contributed by atoms with Crippen LogP contribution in [0.3, 0.4) is 0 Å². The van der Waals surface area contributed by atoms with Crippen LogP contribution in [0, 0.1) is 0 Å². The van der Waals surface area contributed by atoms with Crippen molar-refractivity contribution < 1.29 is 0 Å². The summed E-state index contributed by atoms with van der Waals surface area (Å²) in [6.45, 7) is 7.16. The highest BCUT2D eigenvalue weighted by Gasteiger charge is 2.43. The molecule has 0 bridgehead atoms. The summed E-state index contributed by atoms with van der Waals surface area (Å²) in [5, 5.41) is 4.91. The van der Waals surface area contributed by atoms with E-state index in [0.717, 1.165) is 33.5 Å². The molecule has 2 aliphatic carbocycles. The molecule has 0 aliphatic heterocycles. The summed E-state index contributed by atoms with van der Waals surface area (Å²) in [6, 6.07) is 73.0. The topological polar surface area (TPSA) is 25.8 Å². The van der Waals surface area contributed by atoms with Crippen molar-refractivity contribution in [1.29, 1.82) is 0 Å². The van der Waals surface area contributed by atoms with E-state index < -0.39 is 0 Å². The molecule has 10 aromatic rings. The monoisotopic (exact) mass is 778 g/mol. The third-order valence-electron chi connectivity index (χ3n) is 13.8. The van der Waals surface area contributed by atoms with Gasteiger partial charge in [-0.15, -0.1) is 0 Å². The van der Waals surface area contributed by atoms with E-state index in [9.17, 15) is 0 Å². The molecule has 2 nitrogen and oxygen atoms in total. The van der Waals surface area contributed by atoms with Gasteiger partial charge < -0.3 is 0 Å². The predicted octanol–water partition coefficient (Wildman–Crippen LogP) is 15.1. The van der Waals surface area contributed by atoms with Gasteiger partial charge in [0.25, 0.3) is 0 Å². The van der Waals surface area contributed by atoms with E-state index in [2.05, 4.69) is 221 Å². The maximum atomic E-state index is 5.58. The summed E-state index contributed by atoms with van der Waals surface area (Å²) >= 11 is 0. The Balaban J connectivity index is 1.08. The summed E-state index contributed by atoms with van der Waals surface area (Å²) in [7, 11) is 0. The molecule has 1 aromatic heterocycles. The normalized spacial score (nSPS) is 15.7. The molecule has 1 unspecified atom stereocenters. The van der Waals surface area contributed by atoms with Crippen LogP contribution in [0.2, 0.25) is 0 Å². The Morgan fingerprint density at radius 2 is 0.934 bits per heavy atom. The zero-order valence-electron chi connectivity index (χ0n) is 34.4. The van der Waals surface area contributed by atoms with Gasteiger partial charge in [0.1, 0.15) is 0 Å². The van der Waals surface area contributed by atoms with E-state index in [1.54, 1.807) is 0 Å². The van der Waals surface area contributed by atoms with E-state index in [4.69, 9.17) is 9.97 Å². The average Bonchev–Trinajstić information content (AvgIpc) is 3.73. The van der Waals surface area contributed by atoms with Gasteiger partial charge >= 0.3 is 0 Å². The van der Waals surface area contributed by atoms with Gasteiger partial charge in [0, 0.05) is 27.5 Å². The van der Waals surface area contributed by atoms with Crippen molar-refractivity contribution in [3.05, 3.63) is 228 Å². The zero-order valence-corrected chi connectivity index (χ0v) is 34.4. The zero-order chi connectivity index (χ0) is 40.9. The lowest BCUT2D eigenvalue weighted by Gasteiger charge is -2.30. The summed E-state index contributed by atoms with van der Waals surface area (Å²) < 4.78 is 0. The van der Waals surface area contributed by atoms with Gasteiger partial charge in [-0.1, -0.05) is 202 Å². The van der Waals surface area contributed by atoms with Crippen LogP contribution in [-0.2, 0) is 10.8 Å². The van der Waals surface area contributed by atoms with Crippen LogP contribution in [0.1, 0.15) is 48.6 Å². The SMILES string of the molecule is CC1(C)c2ccc3ccccc3c2-c2cccc(-c3ccc(-c4nc(-c5ccccc5)cc(-c5cccc6c5C(C)(c5ccccc5)c5ccccc5-6)n4)c4ccccc34)c21. The number of aromatic nitrogens is 2. The Kier molecular flexibility index (Phi) is 7.74. The third kappa shape index (κ3) is 5.15. The minimum absolute atomic E-state index is 0.184. The Labute approximate surface area is 356 Å². The van der Waals surface area contributed by atoms with Crippen molar-refractivity contribution >= 4 is 21.5 Å². The molecule has 0 spiro atoms. The van der Waals surface area contributed by atoms with Crippen molar-refractivity contribution in [2.45, 2.75) is 31.6 Å². The average molecular weight is 779 g/mol. The van der Waals surface area contributed by atoms with Crippen molar-refractivity contribution in [2.75, 3.05) is 0 Å². The first-order chi connectivity index (χ1) is 29.9. The number of hydrogen-bond acceptors (Lipinski definition) is 2. The van der Waals surface area contributed by atoms with E-state index in [0.29, 0.717) is 5.82 Å². The van der Waals surface area contributed by atoms with Crippen LogP contribution in [0.4, 0.5) is 0 Å². The lowest BCUT2D eigenvalue weighted by molar-refractivity contribution is 0.662. The second-order valence-electron chi connectivity index (χ2n) is 17.4. The molecular weight excluding hydrogens is 737 g/mol. The number of fused-ring (bicyclic) bond motifs is 9. The molecule has 12 rings (SSSR count). The number of hydrogen-bond donors (Lipinski definition) is 0. The first-order valence-electron chi connectivity index (χ1n) is 21.3. The van der Waals surface area contributed by atoms with Crippen LogP contribution >= 0.6 is 0 Å². The van der Waals surface area contributed by atoms with E-state index in [1.165, 1.54) is 77.4 Å². The van der Waals surface area contributed by atoms with Crippen molar-refractivity contribution in [2.24, 2.45) is 0 Å². The lowest BCUT2D eigenvalue weighted by Crippen LogP contribution is -2.23. The smallest absolute Gasteiger partial charge is 0.161 e. The minimum Gasteiger partial charge on any atom is -0.228 e. The third-order valence-corrected chi connectivity index (χ3v) is 13.8. The minimum atomic E-state index is -0.383. The molecule has 2 aliphatic rings. The summed E-state index contributed by atoms with van der Waals surface area (Å²) in [6.07, 6.45) is 0. The first kappa shape index (κ1) is 35.5. The Bertz CT molecular complexity index is 3400.